The van der Waals surface area contributed by atoms with Crippen molar-refractivity contribution < 1.29 is 0 Å². The first-order valence-corrected chi connectivity index (χ1v) is 3.83. The predicted octanol–water partition coefficient (Wildman–Crippen LogP) is -2.11. The molecule has 0 aromatic rings. The summed E-state index contributed by atoms with van der Waals surface area (Å²) >= 11 is 0. The molecule has 12 heavy (non-hydrogen) atoms. The third-order valence-corrected chi connectivity index (χ3v) is 1.53. The number of hydrogen-bond acceptors (Lipinski definition) is 4. The summed E-state index contributed by atoms with van der Waals surface area (Å²) in [4.78, 5) is 9.94. The summed E-state index contributed by atoms with van der Waals surface area (Å²) in [5, 5.41) is 0. The Morgan fingerprint density at radius 1 is 1.58 bits per heavy atom. The number of nitrogens with zero attached hydrogens (tertiary/aromatic N) is 3. The van der Waals surface area contributed by atoms with Crippen LogP contribution in [-0.4, -0.2) is 43.0 Å². The Bertz CT molecular complexity index is 204. The van der Waals surface area contributed by atoms with E-state index in [0.29, 0.717) is 12.5 Å². The van der Waals surface area contributed by atoms with Crippen LogP contribution in [0.2, 0.25) is 0 Å². The molecule has 6 N–H and O–H groups in total. The molecule has 1 rings (SSSR count). The Labute approximate surface area is 71.1 Å². The molecule has 0 aromatic carbocycles. The van der Waals surface area contributed by atoms with Crippen molar-refractivity contribution in [2.75, 3.05) is 26.2 Å². The van der Waals surface area contributed by atoms with E-state index in [1.807, 2.05) is 4.90 Å². The molecule has 0 radical (unpaired) electrons. The van der Waals surface area contributed by atoms with Gasteiger partial charge in [0.05, 0.1) is 6.54 Å². The Morgan fingerprint density at radius 3 is 2.92 bits per heavy atom. The molecular formula is C6H14N6. The fraction of sp³-hybridized carbons (Fsp3) is 0.667. The first-order valence-electron chi connectivity index (χ1n) is 3.83. The lowest BCUT2D eigenvalue weighted by molar-refractivity contribution is 0.464. The number of aliphatic imine (C=N–C) groups is 2. The number of nitrogens with two attached hydrogens (primary N) is 3. The number of hydrogen-bond donors (Lipinski definition) is 3. The van der Waals surface area contributed by atoms with Gasteiger partial charge in [-0.25, -0.2) is 4.99 Å². The second kappa shape index (κ2) is 3.91. The average Bonchev–Trinajstić information content (AvgIpc) is 2.37. The Hall–Kier alpha value is -1.30. The van der Waals surface area contributed by atoms with E-state index in [1.54, 1.807) is 0 Å². The van der Waals surface area contributed by atoms with Gasteiger partial charge in [0.25, 0.3) is 0 Å². The molecule has 1 aliphatic rings. The molecule has 0 bridgehead atoms. The van der Waals surface area contributed by atoms with E-state index in [9.17, 15) is 0 Å². The predicted molar refractivity (Wildman–Crippen MR) is 48.7 cm³/mol. The third kappa shape index (κ3) is 2.09. The first-order chi connectivity index (χ1) is 5.74. The van der Waals surface area contributed by atoms with Gasteiger partial charge < -0.3 is 22.1 Å². The van der Waals surface area contributed by atoms with E-state index in [4.69, 9.17) is 17.2 Å². The minimum absolute atomic E-state index is 0.0395. The highest BCUT2D eigenvalue weighted by atomic mass is 15.3. The van der Waals surface area contributed by atoms with Gasteiger partial charge in [-0.2, -0.15) is 4.99 Å². The van der Waals surface area contributed by atoms with E-state index in [2.05, 4.69) is 9.98 Å². The number of rotatable bonds is 2. The summed E-state index contributed by atoms with van der Waals surface area (Å²) in [6, 6.07) is 0. The van der Waals surface area contributed by atoms with Gasteiger partial charge in [0.2, 0.25) is 5.96 Å². The second-order valence-corrected chi connectivity index (χ2v) is 2.49. The molecule has 6 nitrogen and oxygen atoms in total. The molecular weight excluding hydrogens is 156 g/mol. The minimum Gasteiger partial charge on any atom is -0.370 e. The molecule has 0 unspecified atom stereocenters. The van der Waals surface area contributed by atoms with Crippen molar-refractivity contribution in [2.24, 2.45) is 27.2 Å². The van der Waals surface area contributed by atoms with E-state index < -0.39 is 0 Å². The fourth-order valence-electron chi connectivity index (χ4n) is 1.06. The van der Waals surface area contributed by atoms with Gasteiger partial charge in [0.15, 0.2) is 5.96 Å². The van der Waals surface area contributed by atoms with Crippen LogP contribution >= 0.6 is 0 Å². The molecule has 0 fully saturated rings. The average molecular weight is 170 g/mol. The second-order valence-electron chi connectivity index (χ2n) is 2.49. The molecule has 68 valence electrons. The maximum absolute atomic E-state index is 5.39. The maximum Gasteiger partial charge on any atom is 0.224 e. The van der Waals surface area contributed by atoms with Crippen LogP contribution in [0, 0.1) is 0 Å². The van der Waals surface area contributed by atoms with Crippen LogP contribution in [0.1, 0.15) is 0 Å². The molecule has 0 amide bonds. The minimum atomic E-state index is 0.0395. The van der Waals surface area contributed by atoms with Crippen molar-refractivity contribution in [1.82, 2.24) is 4.90 Å². The van der Waals surface area contributed by atoms with Crippen LogP contribution in [0.15, 0.2) is 9.98 Å². The van der Waals surface area contributed by atoms with Crippen molar-refractivity contribution in [3.63, 3.8) is 0 Å². The smallest absolute Gasteiger partial charge is 0.224 e. The Morgan fingerprint density at radius 2 is 2.33 bits per heavy atom. The molecule has 1 aliphatic heterocycles. The molecule has 0 aliphatic carbocycles. The van der Waals surface area contributed by atoms with Gasteiger partial charge in [-0.3, -0.25) is 0 Å². The summed E-state index contributed by atoms with van der Waals surface area (Å²) in [6.07, 6.45) is 0. The van der Waals surface area contributed by atoms with Crippen molar-refractivity contribution in [3.8, 4) is 0 Å². The highest BCUT2D eigenvalue weighted by molar-refractivity contribution is 5.94. The van der Waals surface area contributed by atoms with E-state index in [1.165, 1.54) is 0 Å². The molecule has 0 saturated carbocycles. The normalized spacial score (nSPS) is 16.1. The zero-order valence-corrected chi connectivity index (χ0v) is 6.90. The first kappa shape index (κ1) is 8.79. The molecule has 0 aromatic heterocycles. The zero-order valence-electron chi connectivity index (χ0n) is 6.90. The maximum atomic E-state index is 5.39. The van der Waals surface area contributed by atoms with E-state index >= 15 is 0 Å². The lowest BCUT2D eigenvalue weighted by Crippen LogP contribution is -2.34. The summed E-state index contributed by atoms with van der Waals surface area (Å²) in [5.74, 6) is 0.637. The highest BCUT2D eigenvalue weighted by Gasteiger charge is 2.14. The van der Waals surface area contributed by atoms with Crippen LogP contribution in [0.4, 0.5) is 0 Å². The van der Waals surface area contributed by atoms with Gasteiger partial charge in [-0.1, -0.05) is 0 Å². The fourth-order valence-corrected chi connectivity index (χ4v) is 1.06. The highest BCUT2D eigenvalue weighted by Crippen LogP contribution is 2.00. The third-order valence-electron chi connectivity index (χ3n) is 1.53. The van der Waals surface area contributed by atoms with Gasteiger partial charge in [0, 0.05) is 19.6 Å². The van der Waals surface area contributed by atoms with Crippen molar-refractivity contribution in [2.45, 2.75) is 0 Å². The SMILES string of the molecule is NCCN1CCN=C1N=C(N)N. The quantitative estimate of drug-likeness (QED) is 0.325. The largest absolute Gasteiger partial charge is 0.370 e. The summed E-state index contributed by atoms with van der Waals surface area (Å²) in [7, 11) is 0. The lowest BCUT2D eigenvalue weighted by Gasteiger charge is -2.15. The van der Waals surface area contributed by atoms with Crippen LogP contribution in [0.3, 0.4) is 0 Å². The summed E-state index contributed by atoms with van der Waals surface area (Å²) in [5.41, 5.74) is 15.8. The standard InChI is InChI=1S/C6H14N6/c7-1-3-12-4-2-10-6(12)11-5(8)9/h1-4,7H2,(H4,8,9,10,11). The molecule has 0 spiro atoms. The lowest BCUT2D eigenvalue weighted by atomic mass is 10.5. The van der Waals surface area contributed by atoms with Crippen molar-refractivity contribution in [3.05, 3.63) is 0 Å². The van der Waals surface area contributed by atoms with E-state index in [0.717, 1.165) is 19.6 Å². The van der Waals surface area contributed by atoms with E-state index in [-0.39, 0.29) is 5.96 Å². The Balaban J connectivity index is 2.57. The molecule has 0 saturated heterocycles. The molecule has 6 heteroatoms. The topological polar surface area (TPSA) is 106 Å². The van der Waals surface area contributed by atoms with Crippen LogP contribution in [-0.2, 0) is 0 Å². The summed E-state index contributed by atoms with van der Waals surface area (Å²) in [6.45, 7) is 2.92. The molecule has 1 heterocycles. The summed E-state index contributed by atoms with van der Waals surface area (Å²) < 4.78 is 0. The van der Waals surface area contributed by atoms with Crippen LogP contribution < -0.4 is 17.2 Å². The molecule has 0 atom stereocenters. The van der Waals surface area contributed by atoms with Gasteiger partial charge in [-0.15, -0.1) is 0 Å². The van der Waals surface area contributed by atoms with Crippen LogP contribution in [0.5, 0.6) is 0 Å². The van der Waals surface area contributed by atoms with Crippen LogP contribution in [0.25, 0.3) is 0 Å². The zero-order chi connectivity index (χ0) is 8.97. The van der Waals surface area contributed by atoms with Gasteiger partial charge >= 0.3 is 0 Å². The van der Waals surface area contributed by atoms with Crippen molar-refractivity contribution >= 4 is 11.9 Å². The van der Waals surface area contributed by atoms with Gasteiger partial charge in [-0.05, 0) is 0 Å². The van der Waals surface area contributed by atoms with Gasteiger partial charge in [0.1, 0.15) is 0 Å². The monoisotopic (exact) mass is 170 g/mol. The Kier molecular flexibility index (Phi) is 2.87. The number of guanidine groups is 2. The van der Waals surface area contributed by atoms with Crippen molar-refractivity contribution in [1.29, 1.82) is 0 Å².